The van der Waals surface area contributed by atoms with E-state index in [1.165, 1.54) is 32.1 Å². The van der Waals surface area contributed by atoms with Crippen LogP contribution in [0.2, 0.25) is 0 Å². The summed E-state index contributed by atoms with van der Waals surface area (Å²) in [6, 6.07) is 0.638. The third kappa shape index (κ3) is 4.43. The Labute approximate surface area is 88.6 Å². The SMILES string of the molecule is C[C@H](CCOC1CCCCC1)N(C)C. The molecule has 14 heavy (non-hydrogen) atoms. The molecule has 1 saturated carbocycles. The topological polar surface area (TPSA) is 12.5 Å². The molecule has 2 nitrogen and oxygen atoms in total. The van der Waals surface area contributed by atoms with Crippen molar-refractivity contribution in [3.8, 4) is 0 Å². The van der Waals surface area contributed by atoms with Crippen LogP contribution in [0.5, 0.6) is 0 Å². The lowest BCUT2D eigenvalue weighted by Gasteiger charge is -2.24. The largest absolute Gasteiger partial charge is 0.378 e. The molecule has 0 N–H and O–H groups in total. The van der Waals surface area contributed by atoms with Crippen molar-refractivity contribution >= 4 is 0 Å². The van der Waals surface area contributed by atoms with Crippen molar-refractivity contribution in [1.29, 1.82) is 0 Å². The lowest BCUT2D eigenvalue weighted by molar-refractivity contribution is 0.0198. The van der Waals surface area contributed by atoms with E-state index < -0.39 is 0 Å². The second-order valence-corrected chi connectivity index (χ2v) is 4.73. The molecule has 1 aliphatic rings. The van der Waals surface area contributed by atoms with Crippen LogP contribution in [0.1, 0.15) is 45.4 Å². The minimum atomic E-state index is 0.568. The average molecular weight is 199 g/mol. The van der Waals surface area contributed by atoms with Gasteiger partial charge >= 0.3 is 0 Å². The molecule has 0 aromatic heterocycles. The maximum Gasteiger partial charge on any atom is 0.0575 e. The maximum atomic E-state index is 5.88. The average Bonchev–Trinajstić information content (AvgIpc) is 2.19. The first-order valence-electron chi connectivity index (χ1n) is 5.98. The minimum absolute atomic E-state index is 0.568. The van der Waals surface area contributed by atoms with E-state index in [2.05, 4.69) is 25.9 Å². The highest BCUT2D eigenvalue weighted by Crippen LogP contribution is 2.20. The van der Waals surface area contributed by atoms with E-state index in [4.69, 9.17) is 4.74 Å². The van der Waals surface area contributed by atoms with Gasteiger partial charge in [0.15, 0.2) is 0 Å². The second-order valence-electron chi connectivity index (χ2n) is 4.73. The van der Waals surface area contributed by atoms with Crippen molar-refractivity contribution in [3.05, 3.63) is 0 Å². The van der Waals surface area contributed by atoms with Gasteiger partial charge in [-0.1, -0.05) is 19.3 Å². The number of rotatable bonds is 5. The monoisotopic (exact) mass is 199 g/mol. The molecule has 0 amide bonds. The fraction of sp³-hybridized carbons (Fsp3) is 1.00. The minimum Gasteiger partial charge on any atom is -0.378 e. The summed E-state index contributed by atoms with van der Waals surface area (Å²) in [6.07, 6.45) is 8.45. The standard InChI is InChI=1S/C12H25NO/c1-11(13(2)3)9-10-14-12-7-5-4-6-8-12/h11-12H,4-10H2,1-3H3/t11-/m1/s1. The molecule has 1 atom stereocenters. The molecule has 1 rings (SSSR count). The van der Waals surface area contributed by atoms with Crippen molar-refractivity contribution in [1.82, 2.24) is 4.90 Å². The first-order valence-corrected chi connectivity index (χ1v) is 5.98. The zero-order valence-corrected chi connectivity index (χ0v) is 9.96. The predicted octanol–water partition coefficient (Wildman–Crippen LogP) is 2.68. The molecule has 0 unspecified atom stereocenters. The van der Waals surface area contributed by atoms with Crippen LogP contribution in [-0.4, -0.2) is 37.7 Å². The van der Waals surface area contributed by atoms with Crippen LogP contribution in [-0.2, 0) is 4.74 Å². The Kier molecular flexibility index (Phi) is 5.49. The number of ether oxygens (including phenoxy) is 1. The summed E-state index contributed by atoms with van der Waals surface area (Å²) in [5.41, 5.74) is 0. The zero-order chi connectivity index (χ0) is 10.4. The Morgan fingerprint density at radius 3 is 2.43 bits per heavy atom. The van der Waals surface area contributed by atoms with Crippen molar-refractivity contribution in [2.45, 2.75) is 57.6 Å². The Morgan fingerprint density at radius 1 is 1.21 bits per heavy atom. The fourth-order valence-corrected chi connectivity index (χ4v) is 1.90. The highest BCUT2D eigenvalue weighted by Gasteiger charge is 2.14. The summed E-state index contributed by atoms with van der Waals surface area (Å²) in [5, 5.41) is 0. The molecule has 0 aromatic carbocycles. The summed E-state index contributed by atoms with van der Waals surface area (Å²) < 4.78 is 5.88. The quantitative estimate of drug-likeness (QED) is 0.675. The van der Waals surface area contributed by atoms with Crippen LogP contribution in [0.3, 0.4) is 0 Å². The van der Waals surface area contributed by atoms with Crippen LogP contribution in [0.4, 0.5) is 0 Å². The lowest BCUT2D eigenvalue weighted by atomic mass is 9.98. The van der Waals surface area contributed by atoms with E-state index in [-0.39, 0.29) is 0 Å². The number of hydrogen-bond acceptors (Lipinski definition) is 2. The first-order chi connectivity index (χ1) is 6.70. The molecule has 0 radical (unpaired) electrons. The van der Waals surface area contributed by atoms with E-state index in [1.807, 2.05) is 0 Å². The molecule has 0 saturated heterocycles. The van der Waals surface area contributed by atoms with Gasteiger partial charge in [0.25, 0.3) is 0 Å². The smallest absolute Gasteiger partial charge is 0.0575 e. The fourth-order valence-electron chi connectivity index (χ4n) is 1.90. The van der Waals surface area contributed by atoms with Crippen molar-refractivity contribution in [2.24, 2.45) is 0 Å². The van der Waals surface area contributed by atoms with Crippen LogP contribution >= 0.6 is 0 Å². The van der Waals surface area contributed by atoms with E-state index >= 15 is 0 Å². The second kappa shape index (κ2) is 6.41. The zero-order valence-electron chi connectivity index (χ0n) is 9.96. The summed E-state index contributed by atoms with van der Waals surface area (Å²) in [4.78, 5) is 2.25. The molecule has 0 aromatic rings. The Bertz CT molecular complexity index is 141. The third-order valence-electron chi connectivity index (χ3n) is 3.32. The molecule has 0 heterocycles. The van der Waals surface area contributed by atoms with Crippen molar-refractivity contribution < 1.29 is 4.74 Å². The van der Waals surface area contributed by atoms with E-state index in [0.717, 1.165) is 13.0 Å². The van der Waals surface area contributed by atoms with Gasteiger partial charge in [0.1, 0.15) is 0 Å². The molecule has 1 fully saturated rings. The summed E-state index contributed by atoms with van der Waals surface area (Å²) in [7, 11) is 4.26. The summed E-state index contributed by atoms with van der Waals surface area (Å²) in [6.45, 7) is 3.19. The van der Waals surface area contributed by atoms with Gasteiger partial charge in [-0.25, -0.2) is 0 Å². The molecular formula is C12H25NO. The normalized spacial score (nSPS) is 21.4. The first kappa shape index (κ1) is 12.0. The van der Waals surface area contributed by atoms with Gasteiger partial charge in [0.2, 0.25) is 0 Å². The molecule has 0 aliphatic heterocycles. The van der Waals surface area contributed by atoms with Crippen molar-refractivity contribution in [3.63, 3.8) is 0 Å². The van der Waals surface area contributed by atoms with Gasteiger partial charge in [-0.2, -0.15) is 0 Å². The Hall–Kier alpha value is -0.0800. The number of hydrogen-bond donors (Lipinski definition) is 0. The predicted molar refractivity (Wildman–Crippen MR) is 60.6 cm³/mol. The number of nitrogens with zero attached hydrogens (tertiary/aromatic N) is 1. The lowest BCUT2D eigenvalue weighted by Crippen LogP contribution is -2.27. The van der Waals surface area contributed by atoms with Gasteiger partial charge in [0, 0.05) is 12.6 Å². The van der Waals surface area contributed by atoms with Gasteiger partial charge in [-0.15, -0.1) is 0 Å². The molecule has 0 spiro atoms. The van der Waals surface area contributed by atoms with E-state index in [9.17, 15) is 0 Å². The van der Waals surface area contributed by atoms with Crippen molar-refractivity contribution in [2.75, 3.05) is 20.7 Å². The van der Waals surface area contributed by atoms with Gasteiger partial charge in [-0.3, -0.25) is 0 Å². The van der Waals surface area contributed by atoms with E-state index in [1.54, 1.807) is 0 Å². The van der Waals surface area contributed by atoms with Crippen LogP contribution in [0.15, 0.2) is 0 Å². The highest BCUT2D eigenvalue weighted by atomic mass is 16.5. The summed E-state index contributed by atoms with van der Waals surface area (Å²) >= 11 is 0. The molecule has 2 heteroatoms. The maximum absolute atomic E-state index is 5.88. The van der Waals surface area contributed by atoms with Crippen LogP contribution in [0, 0.1) is 0 Å². The van der Waals surface area contributed by atoms with Gasteiger partial charge in [-0.05, 0) is 40.3 Å². The van der Waals surface area contributed by atoms with Crippen LogP contribution in [0.25, 0.3) is 0 Å². The molecule has 0 bridgehead atoms. The summed E-state index contributed by atoms with van der Waals surface area (Å²) in [5.74, 6) is 0. The Balaban J connectivity index is 2.02. The molecule has 1 aliphatic carbocycles. The van der Waals surface area contributed by atoms with Crippen LogP contribution < -0.4 is 0 Å². The molecule has 84 valence electrons. The third-order valence-corrected chi connectivity index (χ3v) is 3.32. The Morgan fingerprint density at radius 2 is 1.86 bits per heavy atom. The van der Waals surface area contributed by atoms with E-state index in [0.29, 0.717) is 12.1 Å². The molecular weight excluding hydrogens is 174 g/mol. The van der Waals surface area contributed by atoms with Gasteiger partial charge in [0.05, 0.1) is 6.10 Å². The highest BCUT2D eigenvalue weighted by molar-refractivity contribution is 4.66. The van der Waals surface area contributed by atoms with Gasteiger partial charge < -0.3 is 9.64 Å².